The molecule has 2 aromatic carbocycles. The second-order valence-corrected chi connectivity index (χ2v) is 8.03. The summed E-state index contributed by atoms with van der Waals surface area (Å²) in [5, 5.41) is 4.43. The van der Waals surface area contributed by atoms with E-state index in [1.54, 1.807) is 19.1 Å². The van der Waals surface area contributed by atoms with Crippen LogP contribution in [0.25, 0.3) is 0 Å². The van der Waals surface area contributed by atoms with Crippen LogP contribution in [-0.4, -0.2) is 32.6 Å². The normalized spacial score (nSPS) is 10.6. The first kappa shape index (κ1) is 26.0. The lowest BCUT2D eigenvalue weighted by molar-refractivity contribution is 0.214. The maximum absolute atomic E-state index is 6.25. The predicted molar refractivity (Wildman–Crippen MR) is 131 cm³/mol. The van der Waals surface area contributed by atoms with E-state index < -0.39 is 0 Å². The highest BCUT2D eigenvalue weighted by molar-refractivity contribution is 6.55. The van der Waals surface area contributed by atoms with Gasteiger partial charge in [0, 0.05) is 24.1 Å². The summed E-state index contributed by atoms with van der Waals surface area (Å²) in [4.78, 5) is 4.67. The average molecular weight is 517 g/mol. The van der Waals surface area contributed by atoms with Gasteiger partial charge in [-0.2, -0.15) is 0 Å². The zero-order valence-corrected chi connectivity index (χ0v) is 20.5. The third-order valence-corrected chi connectivity index (χ3v) is 4.60. The Kier molecular flexibility index (Phi) is 11.4. The molecule has 0 aliphatic carbocycles. The van der Waals surface area contributed by atoms with Crippen LogP contribution in [0, 0.1) is 11.8 Å². The summed E-state index contributed by atoms with van der Waals surface area (Å²) >= 11 is 23.6. The topological polar surface area (TPSA) is 49.3 Å². The van der Waals surface area contributed by atoms with Crippen LogP contribution in [0.1, 0.15) is 18.9 Å². The highest BCUT2D eigenvalue weighted by Crippen LogP contribution is 2.37. The molecule has 0 spiro atoms. The molecule has 0 aromatic heterocycles. The average Bonchev–Trinajstić information content (AvgIpc) is 2.74. The minimum atomic E-state index is 0.122. The van der Waals surface area contributed by atoms with Crippen molar-refractivity contribution < 1.29 is 19.0 Å². The Bertz CT molecular complexity index is 984. The van der Waals surface area contributed by atoms with E-state index in [2.05, 4.69) is 21.8 Å². The van der Waals surface area contributed by atoms with Crippen LogP contribution >= 0.6 is 46.4 Å². The van der Waals surface area contributed by atoms with Gasteiger partial charge in [0.15, 0.2) is 5.75 Å². The minimum Gasteiger partial charge on any atom is -0.493 e. The molecule has 0 atom stereocenters. The van der Waals surface area contributed by atoms with Crippen LogP contribution in [0.3, 0.4) is 0 Å². The Morgan fingerprint density at radius 1 is 0.969 bits per heavy atom. The van der Waals surface area contributed by atoms with Gasteiger partial charge in [-0.05, 0) is 43.2 Å². The Hall–Kier alpha value is -2.23. The van der Waals surface area contributed by atoms with E-state index in [1.807, 2.05) is 24.3 Å². The number of hydrogen-bond acceptors (Lipinski definition) is 5. The molecule has 0 saturated carbocycles. The van der Waals surface area contributed by atoms with Gasteiger partial charge in [-0.25, -0.2) is 0 Å². The smallest absolute Gasteiger partial charge is 0.156 e. The summed E-state index contributed by atoms with van der Waals surface area (Å²) in [5.41, 5.74) is 1.45. The van der Waals surface area contributed by atoms with E-state index in [-0.39, 0.29) is 11.1 Å². The number of rotatable bonds is 10. The van der Waals surface area contributed by atoms with Crippen molar-refractivity contribution in [2.75, 3.05) is 26.9 Å². The molecule has 0 bridgehead atoms. The van der Waals surface area contributed by atoms with Gasteiger partial charge >= 0.3 is 0 Å². The molecule has 0 unspecified atom stereocenters. The summed E-state index contributed by atoms with van der Waals surface area (Å²) in [5.74, 6) is 7.50. The summed E-state index contributed by atoms with van der Waals surface area (Å²) in [6.45, 7) is 2.82. The molecule has 0 saturated heterocycles. The minimum absolute atomic E-state index is 0.122. The predicted octanol–water partition coefficient (Wildman–Crippen LogP) is 6.91. The molecule has 0 amide bonds. The molecule has 5 nitrogen and oxygen atoms in total. The van der Waals surface area contributed by atoms with Crippen LogP contribution in [0.4, 0.5) is 0 Å². The van der Waals surface area contributed by atoms with Gasteiger partial charge in [0.1, 0.15) is 35.4 Å². The largest absolute Gasteiger partial charge is 0.493 e. The van der Waals surface area contributed by atoms with Crippen LogP contribution in [-0.2, 0) is 4.84 Å². The van der Waals surface area contributed by atoms with Gasteiger partial charge in [-0.3, -0.25) is 0 Å². The Labute approximate surface area is 207 Å². The van der Waals surface area contributed by atoms with E-state index >= 15 is 0 Å². The maximum Gasteiger partial charge on any atom is 0.156 e. The molecular weight excluding hydrogens is 496 g/mol. The second-order valence-electron chi connectivity index (χ2n) is 6.20. The molecule has 0 N–H and O–H groups in total. The highest BCUT2D eigenvalue weighted by atomic mass is 35.5. The fourth-order valence-corrected chi connectivity index (χ4v) is 3.04. The number of oxime groups is 1. The van der Waals surface area contributed by atoms with Crippen molar-refractivity contribution in [3.05, 3.63) is 62.6 Å². The number of hydrogen-bond donors (Lipinski definition) is 0. The summed E-state index contributed by atoms with van der Waals surface area (Å²) in [6.07, 6.45) is 2.15. The van der Waals surface area contributed by atoms with Crippen LogP contribution in [0.2, 0.25) is 10.0 Å². The molecule has 32 heavy (non-hydrogen) atoms. The summed E-state index contributed by atoms with van der Waals surface area (Å²) in [7, 11) is 1.48. The van der Waals surface area contributed by atoms with Gasteiger partial charge < -0.3 is 19.0 Å². The summed E-state index contributed by atoms with van der Waals surface area (Å²) < 4.78 is 17.0. The zero-order valence-electron chi connectivity index (χ0n) is 17.5. The molecule has 0 heterocycles. The van der Waals surface area contributed by atoms with Crippen molar-refractivity contribution in [2.45, 2.75) is 13.3 Å². The Morgan fingerprint density at radius 3 is 2.25 bits per heavy atom. The molecule has 9 heteroatoms. The van der Waals surface area contributed by atoms with E-state index in [0.717, 1.165) is 11.3 Å². The van der Waals surface area contributed by atoms with Gasteiger partial charge in [0.2, 0.25) is 0 Å². The zero-order chi connectivity index (χ0) is 23.3. The Morgan fingerprint density at radius 2 is 1.62 bits per heavy atom. The lowest BCUT2D eigenvalue weighted by atomic mass is 10.2. The quantitative estimate of drug-likeness (QED) is 0.149. The molecule has 2 rings (SSSR count). The van der Waals surface area contributed by atoms with E-state index in [1.165, 1.54) is 13.2 Å². The fourth-order valence-electron chi connectivity index (χ4n) is 2.34. The third-order valence-electron chi connectivity index (χ3n) is 3.73. The molecule has 0 radical (unpaired) electrons. The second kappa shape index (κ2) is 14.0. The van der Waals surface area contributed by atoms with Crippen LogP contribution in [0.5, 0.6) is 17.2 Å². The molecular formula is C23H21Cl4NO4. The molecule has 0 aliphatic rings. The van der Waals surface area contributed by atoms with Gasteiger partial charge in [0.05, 0.1) is 23.3 Å². The maximum atomic E-state index is 6.25. The van der Waals surface area contributed by atoms with Crippen LogP contribution in [0.15, 0.2) is 52.1 Å². The lowest BCUT2D eigenvalue weighted by Crippen LogP contribution is -2.05. The van der Waals surface area contributed by atoms with Crippen molar-refractivity contribution in [3.8, 4) is 29.1 Å². The summed E-state index contributed by atoms with van der Waals surface area (Å²) in [6, 6.07) is 10.7. The van der Waals surface area contributed by atoms with Crippen molar-refractivity contribution in [2.24, 2.45) is 5.16 Å². The van der Waals surface area contributed by atoms with E-state index in [4.69, 9.17) is 60.6 Å². The number of benzene rings is 2. The number of halogens is 4. The third kappa shape index (κ3) is 9.50. The van der Waals surface area contributed by atoms with Crippen molar-refractivity contribution >= 4 is 52.1 Å². The molecule has 2 aromatic rings. The number of nitrogens with zero attached hydrogens (tertiary/aromatic N) is 1. The highest BCUT2D eigenvalue weighted by Gasteiger charge is 2.10. The van der Waals surface area contributed by atoms with Crippen molar-refractivity contribution in [1.82, 2.24) is 0 Å². The molecule has 170 valence electrons. The van der Waals surface area contributed by atoms with Crippen LogP contribution < -0.4 is 14.2 Å². The Balaban J connectivity index is 1.78. The SMILES string of the molecule is CON=C(C)C#Cc1ccc(OCCCOc2c(Cl)cc(OCC=C(Cl)Cl)cc2Cl)cc1. The first-order chi connectivity index (χ1) is 15.4. The standard InChI is InChI=1S/C23H21Cl4NO4/c1-16(28-29-2)4-5-17-6-8-18(9-7-17)30-11-3-12-32-23-20(24)14-19(15-21(23)25)31-13-10-22(26)27/h6-10,14-15H,3,11-13H2,1-2H3. The molecule has 0 fully saturated rings. The van der Waals surface area contributed by atoms with Gasteiger partial charge in [-0.1, -0.05) is 57.5 Å². The molecule has 0 aliphatic heterocycles. The fraction of sp³-hybridized carbons (Fsp3) is 0.261. The van der Waals surface area contributed by atoms with E-state index in [9.17, 15) is 0 Å². The van der Waals surface area contributed by atoms with Crippen molar-refractivity contribution in [1.29, 1.82) is 0 Å². The number of ether oxygens (including phenoxy) is 3. The van der Waals surface area contributed by atoms with Gasteiger partial charge in [-0.15, -0.1) is 0 Å². The first-order valence-electron chi connectivity index (χ1n) is 9.47. The van der Waals surface area contributed by atoms with E-state index in [0.29, 0.717) is 46.9 Å². The lowest BCUT2D eigenvalue weighted by Gasteiger charge is -2.12. The first-order valence-corrected chi connectivity index (χ1v) is 11.0. The monoisotopic (exact) mass is 515 g/mol. The van der Waals surface area contributed by atoms with Crippen molar-refractivity contribution in [3.63, 3.8) is 0 Å². The van der Waals surface area contributed by atoms with Gasteiger partial charge in [0.25, 0.3) is 0 Å².